The third-order valence-corrected chi connectivity index (χ3v) is 3.74. The molecule has 0 radical (unpaired) electrons. The molecule has 0 saturated heterocycles. The van der Waals surface area contributed by atoms with Crippen LogP contribution in [0.1, 0.15) is 20.7 Å². The van der Waals surface area contributed by atoms with Crippen molar-refractivity contribution in [1.82, 2.24) is 9.88 Å². The van der Waals surface area contributed by atoms with Crippen LogP contribution in [-0.4, -0.2) is 34.2 Å². The van der Waals surface area contributed by atoms with Gasteiger partial charge in [-0.25, -0.2) is 4.98 Å². The summed E-state index contributed by atoms with van der Waals surface area (Å²) in [5.41, 5.74) is 0.570. The molecule has 1 aromatic heterocycles. The monoisotopic (exact) mass is 349 g/mol. The molecule has 2 aromatic rings. The van der Waals surface area contributed by atoms with Crippen LogP contribution in [0.2, 0.25) is 10.0 Å². The fraction of sp³-hybridized carbons (Fsp3) is 0.0667. The zero-order chi connectivity index (χ0) is 16.6. The van der Waals surface area contributed by atoms with Crippen molar-refractivity contribution in [2.24, 2.45) is 0 Å². The van der Waals surface area contributed by atoms with Crippen LogP contribution < -0.4 is 5.32 Å². The molecule has 0 aliphatic carbocycles. The SMILES string of the molecule is O=C(CN1C(=O)c2ccccc2C1=O)Nc1ncc(Cl)cc1Cl. The first kappa shape index (κ1) is 15.5. The number of anilines is 1. The summed E-state index contributed by atoms with van der Waals surface area (Å²) in [5, 5.41) is 2.93. The van der Waals surface area contributed by atoms with Gasteiger partial charge in [0.2, 0.25) is 5.91 Å². The summed E-state index contributed by atoms with van der Waals surface area (Å²) >= 11 is 11.6. The molecule has 0 spiro atoms. The highest BCUT2D eigenvalue weighted by molar-refractivity contribution is 6.36. The van der Waals surface area contributed by atoms with Crippen LogP contribution in [0.4, 0.5) is 5.82 Å². The Morgan fingerprint density at radius 3 is 2.30 bits per heavy atom. The van der Waals surface area contributed by atoms with Crippen molar-refractivity contribution in [2.75, 3.05) is 11.9 Å². The molecule has 3 amide bonds. The molecule has 1 aliphatic rings. The summed E-state index contributed by atoms with van der Waals surface area (Å²) in [5.74, 6) is -1.49. The highest BCUT2D eigenvalue weighted by Gasteiger charge is 2.36. The Hall–Kier alpha value is -2.44. The third-order valence-electron chi connectivity index (χ3n) is 3.25. The minimum atomic E-state index is -0.587. The molecule has 1 aliphatic heterocycles. The second-order valence-electron chi connectivity index (χ2n) is 4.77. The lowest BCUT2D eigenvalue weighted by molar-refractivity contribution is -0.116. The number of carbonyl (C=O) groups is 3. The summed E-state index contributed by atoms with van der Waals surface area (Å²) in [6.45, 7) is -0.424. The Bertz CT molecular complexity index is 803. The number of aromatic nitrogens is 1. The van der Waals surface area contributed by atoms with E-state index in [9.17, 15) is 14.4 Å². The van der Waals surface area contributed by atoms with Gasteiger partial charge in [0.1, 0.15) is 6.54 Å². The van der Waals surface area contributed by atoms with E-state index < -0.39 is 24.3 Å². The molecular formula is C15H9Cl2N3O3. The first-order valence-electron chi connectivity index (χ1n) is 6.53. The van der Waals surface area contributed by atoms with Crippen molar-refractivity contribution in [1.29, 1.82) is 0 Å². The van der Waals surface area contributed by atoms with Crippen LogP contribution in [0.15, 0.2) is 36.5 Å². The number of carbonyl (C=O) groups excluding carboxylic acids is 3. The Kier molecular flexibility index (Phi) is 4.02. The number of rotatable bonds is 3. The lowest BCUT2D eigenvalue weighted by Gasteiger charge is -2.13. The molecule has 116 valence electrons. The fourth-order valence-electron chi connectivity index (χ4n) is 2.20. The molecule has 1 aromatic carbocycles. The van der Waals surface area contributed by atoms with Crippen molar-refractivity contribution in [3.8, 4) is 0 Å². The van der Waals surface area contributed by atoms with Crippen LogP contribution in [0.25, 0.3) is 0 Å². The van der Waals surface area contributed by atoms with Gasteiger partial charge in [-0.2, -0.15) is 0 Å². The van der Waals surface area contributed by atoms with Gasteiger partial charge in [-0.05, 0) is 18.2 Å². The second kappa shape index (κ2) is 5.98. The first-order valence-corrected chi connectivity index (χ1v) is 7.29. The number of nitrogens with zero attached hydrogens (tertiary/aromatic N) is 2. The topological polar surface area (TPSA) is 79.4 Å². The quantitative estimate of drug-likeness (QED) is 0.863. The van der Waals surface area contributed by atoms with Crippen molar-refractivity contribution in [2.45, 2.75) is 0 Å². The van der Waals surface area contributed by atoms with Gasteiger partial charge < -0.3 is 5.32 Å². The zero-order valence-corrected chi connectivity index (χ0v) is 13.1. The van der Waals surface area contributed by atoms with Crippen LogP contribution in [0.5, 0.6) is 0 Å². The molecule has 3 rings (SSSR count). The maximum Gasteiger partial charge on any atom is 0.262 e. The molecule has 6 nitrogen and oxygen atoms in total. The van der Waals surface area contributed by atoms with Crippen LogP contribution in [0.3, 0.4) is 0 Å². The number of benzene rings is 1. The molecule has 0 bridgehead atoms. The number of hydrogen-bond donors (Lipinski definition) is 1. The highest BCUT2D eigenvalue weighted by atomic mass is 35.5. The molecule has 0 saturated carbocycles. The highest BCUT2D eigenvalue weighted by Crippen LogP contribution is 2.24. The van der Waals surface area contributed by atoms with Gasteiger partial charge in [0.05, 0.1) is 21.2 Å². The maximum absolute atomic E-state index is 12.2. The van der Waals surface area contributed by atoms with Crippen molar-refractivity contribution < 1.29 is 14.4 Å². The third kappa shape index (κ3) is 2.91. The van der Waals surface area contributed by atoms with Gasteiger partial charge in [0.25, 0.3) is 11.8 Å². The molecule has 8 heteroatoms. The normalized spacial score (nSPS) is 13.2. The lowest BCUT2D eigenvalue weighted by atomic mass is 10.1. The predicted molar refractivity (Wildman–Crippen MR) is 84.7 cm³/mol. The molecule has 0 atom stereocenters. The molecule has 23 heavy (non-hydrogen) atoms. The number of nitrogens with one attached hydrogen (secondary N) is 1. The van der Waals surface area contributed by atoms with Gasteiger partial charge in [-0.1, -0.05) is 35.3 Å². The smallest absolute Gasteiger partial charge is 0.262 e. The van der Waals surface area contributed by atoms with E-state index in [2.05, 4.69) is 10.3 Å². The van der Waals surface area contributed by atoms with Gasteiger partial charge in [0, 0.05) is 6.20 Å². The molecule has 0 fully saturated rings. The summed E-state index contributed by atoms with van der Waals surface area (Å²) in [7, 11) is 0. The largest absolute Gasteiger partial charge is 0.308 e. The number of halogens is 2. The summed E-state index contributed by atoms with van der Waals surface area (Å²) in [6.07, 6.45) is 1.32. The predicted octanol–water partition coefficient (Wildman–Crippen LogP) is 2.62. The number of amides is 3. The minimum absolute atomic E-state index is 0.109. The standard InChI is InChI=1S/C15H9Cl2N3O3/c16-8-5-11(17)13(18-6-8)19-12(21)7-20-14(22)9-3-1-2-4-10(9)15(20)23/h1-6H,7H2,(H,18,19,21). The maximum atomic E-state index is 12.2. The van der Waals surface area contributed by atoms with Gasteiger partial charge in [-0.15, -0.1) is 0 Å². The van der Waals surface area contributed by atoms with E-state index >= 15 is 0 Å². The fourth-order valence-corrected chi connectivity index (χ4v) is 2.63. The van der Waals surface area contributed by atoms with Crippen molar-refractivity contribution in [3.63, 3.8) is 0 Å². The summed E-state index contributed by atoms with van der Waals surface area (Å²) in [4.78, 5) is 41.2. The Balaban J connectivity index is 1.74. The Morgan fingerprint density at radius 1 is 1.13 bits per heavy atom. The average molecular weight is 350 g/mol. The van der Waals surface area contributed by atoms with Crippen LogP contribution in [0, 0.1) is 0 Å². The number of fused-ring (bicyclic) bond motifs is 1. The van der Waals surface area contributed by atoms with E-state index in [1.807, 2.05) is 0 Å². The minimum Gasteiger partial charge on any atom is -0.308 e. The molecular weight excluding hydrogens is 341 g/mol. The number of hydrogen-bond acceptors (Lipinski definition) is 4. The summed E-state index contributed by atoms with van der Waals surface area (Å²) in [6, 6.07) is 7.83. The number of pyridine rings is 1. The molecule has 1 N–H and O–H groups in total. The molecule has 0 unspecified atom stereocenters. The summed E-state index contributed by atoms with van der Waals surface area (Å²) < 4.78 is 0. The first-order chi connectivity index (χ1) is 11.0. The lowest BCUT2D eigenvalue weighted by Crippen LogP contribution is -2.37. The zero-order valence-electron chi connectivity index (χ0n) is 11.5. The van der Waals surface area contributed by atoms with Gasteiger partial charge in [0.15, 0.2) is 5.82 Å². The average Bonchev–Trinajstić information content (AvgIpc) is 2.76. The van der Waals surface area contributed by atoms with Crippen molar-refractivity contribution >= 4 is 46.7 Å². The van der Waals surface area contributed by atoms with Crippen molar-refractivity contribution in [3.05, 3.63) is 57.7 Å². The van der Waals surface area contributed by atoms with E-state index in [-0.39, 0.29) is 22.0 Å². The molecule has 2 heterocycles. The Morgan fingerprint density at radius 2 is 1.74 bits per heavy atom. The van der Waals surface area contributed by atoms with Crippen LogP contribution in [-0.2, 0) is 4.79 Å². The van der Waals surface area contributed by atoms with E-state index in [1.54, 1.807) is 24.3 Å². The van der Waals surface area contributed by atoms with E-state index in [1.165, 1.54) is 12.3 Å². The van der Waals surface area contributed by atoms with Gasteiger partial charge >= 0.3 is 0 Å². The van der Waals surface area contributed by atoms with E-state index in [0.29, 0.717) is 5.02 Å². The van der Waals surface area contributed by atoms with Gasteiger partial charge in [-0.3, -0.25) is 19.3 Å². The van der Waals surface area contributed by atoms with E-state index in [0.717, 1.165) is 4.90 Å². The number of imide groups is 1. The van der Waals surface area contributed by atoms with Crippen LogP contribution >= 0.6 is 23.2 Å². The second-order valence-corrected chi connectivity index (χ2v) is 5.62. The Labute approximate surface area is 141 Å². The van der Waals surface area contributed by atoms with E-state index in [4.69, 9.17) is 23.2 Å².